The van der Waals surface area contributed by atoms with Crippen LogP contribution in [0.3, 0.4) is 0 Å². The summed E-state index contributed by atoms with van der Waals surface area (Å²) in [6.45, 7) is 1.79. The van der Waals surface area contributed by atoms with Crippen LogP contribution < -0.4 is 16.4 Å². The van der Waals surface area contributed by atoms with Gasteiger partial charge < -0.3 is 21.4 Å². The van der Waals surface area contributed by atoms with E-state index in [4.69, 9.17) is 5.73 Å². The van der Waals surface area contributed by atoms with E-state index in [0.29, 0.717) is 34.6 Å². The minimum absolute atomic E-state index is 0.0888. The number of amides is 3. The fraction of sp³-hybridized carbons (Fsp3) is 0.235. The summed E-state index contributed by atoms with van der Waals surface area (Å²) in [5.74, 6) is -0.212. The Balaban J connectivity index is 1.78. The first-order valence-electron chi connectivity index (χ1n) is 7.68. The van der Waals surface area contributed by atoms with Gasteiger partial charge in [0.05, 0.1) is 0 Å². The molecule has 1 heterocycles. The normalized spacial score (nSPS) is 13.3. The second kappa shape index (κ2) is 6.19. The Morgan fingerprint density at radius 1 is 1.08 bits per heavy atom. The largest absolute Gasteiger partial charge is 0.354 e. The van der Waals surface area contributed by atoms with Crippen LogP contribution in [-0.4, -0.2) is 22.7 Å². The fourth-order valence-corrected chi connectivity index (χ4v) is 2.97. The summed E-state index contributed by atoms with van der Waals surface area (Å²) in [4.78, 5) is 38.4. The van der Waals surface area contributed by atoms with Gasteiger partial charge in [0.15, 0.2) is 5.78 Å². The average molecular weight is 326 g/mol. The molecule has 124 valence electrons. The number of benzene rings is 1. The van der Waals surface area contributed by atoms with E-state index < -0.39 is 6.03 Å². The number of urea groups is 1. The van der Waals surface area contributed by atoms with E-state index in [-0.39, 0.29) is 11.7 Å². The van der Waals surface area contributed by atoms with Gasteiger partial charge in [-0.05, 0) is 49.6 Å². The lowest BCUT2D eigenvalue weighted by Gasteiger charge is -2.09. The molecule has 7 nitrogen and oxygen atoms in total. The van der Waals surface area contributed by atoms with Crippen molar-refractivity contribution in [2.75, 3.05) is 10.6 Å². The topological polar surface area (TPSA) is 117 Å². The van der Waals surface area contributed by atoms with Crippen LogP contribution in [0.25, 0.3) is 0 Å². The summed E-state index contributed by atoms with van der Waals surface area (Å²) in [5.41, 5.74) is 8.77. The molecular formula is C17H18N4O3. The number of carbonyl (C=O) groups is 3. The highest BCUT2D eigenvalue weighted by atomic mass is 16.2. The molecule has 1 aromatic heterocycles. The number of nitrogens with one attached hydrogen (secondary N) is 3. The van der Waals surface area contributed by atoms with E-state index in [1.54, 1.807) is 31.2 Å². The molecule has 3 amide bonds. The average Bonchev–Trinajstić information content (AvgIpc) is 2.87. The van der Waals surface area contributed by atoms with Gasteiger partial charge in [-0.1, -0.05) is 0 Å². The molecule has 1 aliphatic rings. The Bertz CT molecular complexity index is 821. The number of aromatic nitrogens is 1. The maximum atomic E-state index is 12.5. The van der Waals surface area contributed by atoms with Crippen LogP contribution in [0, 0.1) is 6.92 Å². The molecule has 3 rings (SSSR count). The highest BCUT2D eigenvalue weighted by Crippen LogP contribution is 2.27. The highest BCUT2D eigenvalue weighted by Gasteiger charge is 2.26. The van der Waals surface area contributed by atoms with Crippen molar-refractivity contribution >= 4 is 29.1 Å². The molecule has 0 saturated carbocycles. The zero-order valence-electron chi connectivity index (χ0n) is 13.2. The maximum absolute atomic E-state index is 12.5. The van der Waals surface area contributed by atoms with Crippen molar-refractivity contribution in [3.63, 3.8) is 0 Å². The quantitative estimate of drug-likeness (QED) is 0.694. The third-order valence-corrected chi connectivity index (χ3v) is 4.07. The number of Topliss-reactive ketones (excluding diaryl/α,β-unsaturated/α-hetero) is 1. The Hall–Kier alpha value is -3.09. The van der Waals surface area contributed by atoms with E-state index in [1.807, 2.05) is 0 Å². The van der Waals surface area contributed by atoms with Crippen LogP contribution in [0.2, 0.25) is 0 Å². The number of H-pyrrole nitrogens is 1. The smallest absolute Gasteiger partial charge is 0.316 e. The maximum Gasteiger partial charge on any atom is 0.316 e. The Kier molecular flexibility index (Phi) is 4.07. The number of anilines is 2. The van der Waals surface area contributed by atoms with Gasteiger partial charge >= 0.3 is 6.03 Å². The third-order valence-electron chi connectivity index (χ3n) is 4.07. The van der Waals surface area contributed by atoms with Crippen LogP contribution in [0.4, 0.5) is 16.2 Å². The van der Waals surface area contributed by atoms with Crippen LogP contribution in [-0.2, 0) is 6.42 Å². The summed E-state index contributed by atoms with van der Waals surface area (Å²) in [7, 11) is 0. The zero-order valence-corrected chi connectivity index (χ0v) is 13.2. The van der Waals surface area contributed by atoms with E-state index >= 15 is 0 Å². The SMILES string of the molecule is Cc1c(C(=O)Nc2ccc(NC(N)=O)cc2)[nH]c2c1C(=O)CCC2. The number of hydrogen-bond acceptors (Lipinski definition) is 3. The van der Waals surface area contributed by atoms with Crippen molar-refractivity contribution in [1.82, 2.24) is 4.98 Å². The molecule has 0 bridgehead atoms. The predicted octanol–water partition coefficient (Wildman–Crippen LogP) is 2.59. The summed E-state index contributed by atoms with van der Waals surface area (Å²) >= 11 is 0. The van der Waals surface area contributed by atoms with Crippen LogP contribution in [0.5, 0.6) is 0 Å². The van der Waals surface area contributed by atoms with Crippen molar-refractivity contribution in [2.45, 2.75) is 26.2 Å². The van der Waals surface area contributed by atoms with Crippen molar-refractivity contribution in [3.8, 4) is 0 Å². The number of aryl methyl sites for hydroxylation is 1. The minimum atomic E-state index is -0.649. The molecule has 5 N–H and O–H groups in total. The van der Waals surface area contributed by atoms with Crippen molar-refractivity contribution in [3.05, 3.63) is 46.8 Å². The first kappa shape index (κ1) is 15.8. The number of carbonyl (C=O) groups excluding carboxylic acids is 3. The van der Waals surface area contributed by atoms with Gasteiger partial charge in [-0.3, -0.25) is 9.59 Å². The lowest BCUT2D eigenvalue weighted by atomic mass is 9.94. The lowest BCUT2D eigenvalue weighted by Crippen LogP contribution is -2.19. The molecule has 1 aromatic carbocycles. The van der Waals surface area contributed by atoms with Crippen LogP contribution in [0.15, 0.2) is 24.3 Å². The van der Waals surface area contributed by atoms with E-state index in [9.17, 15) is 14.4 Å². The molecule has 0 fully saturated rings. The second-order valence-electron chi connectivity index (χ2n) is 5.78. The van der Waals surface area contributed by atoms with E-state index in [0.717, 1.165) is 18.5 Å². The summed E-state index contributed by atoms with van der Waals surface area (Å²) < 4.78 is 0. The van der Waals surface area contributed by atoms with Crippen LogP contribution in [0.1, 0.15) is 44.9 Å². The molecule has 0 atom stereocenters. The standard InChI is InChI=1S/C17H18N4O3/c1-9-14-12(3-2-4-13(14)22)21-15(9)16(23)19-10-5-7-11(8-6-10)20-17(18)24/h5-8,21H,2-4H2,1H3,(H,19,23)(H3,18,20,24). The second-order valence-corrected chi connectivity index (χ2v) is 5.78. The number of nitrogens with two attached hydrogens (primary N) is 1. The number of aromatic amines is 1. The number of primary amides is 1. The molecule has 7 heteroatoms. The first-order valence-corrected chi connectivity index (χ1v) is 7.68. The molecular weight excluding hydrogens is 308 g/mol. The molecule has 2 aromatic rings. The first-order chi connectivity index (χ1) is 11.5. The summed E-state index contributed by atoms with van der Waals surface area (Å²) in [6, 6.07) is 5.94. The molecule has 1 aliphatic carbocycles. The summed E-state index contributed by atoms with van der Waals surface area (Å²) in [6.07, 6.45) is 2.12. The van der Waals surface area contributed by atoms with E-state index in [1.165, 1.54) is 0 Å². The summed E-state index contributed by atoms with van der Waals surface area (Å²) in [5, 5.41) is 5.22. The van der Waals surface area contributed by atoms with Gasteiger partial charge in [-0.15, -0.1) is 0 Å². The monoisotopic (exact) mass is 326 g/mol. The Morgan fingerprint density at radius 2 is 1.71 bits per heavy atom. The van der Waals surface area contributed by atoms with Gasteiger partial charge in [0.25, 0.3) is 5.91 Å². The van der Waals surface area contributed by atoms with Crippen molar-refractivity contribution < 1.29 is 14.4 Å². The van der Waals surface area contributed by atoms with Gasteiger partial charge in [-0.2, -0.15) is 0 Å². The molecule has 0 radical (unpaired) electrons. The van der Waals surface area contributed by atoms with Crippen LogP contribution >= 0.6 is 0 Å². The number of hydrogen-bond donors (Lipinski definition) is 4. The van der Waals surface area contributed by atoms with Crippen molar-refractivity contribution in [2.24, 2.45) is 5.73 Å². The number of rotatable bonds is 3. The van der Waals surface area contributed by atoms with Crippen molar-refractivity contribution in [1.29, 1.82) is 0 Å². The highest BCUT2D eigenvalue weighted by molar-refractivity contribution is 6.08. The molecule has 0 aliphatic heterocycles. The molecule has 0 unspecified atom stereocenters. The lowest BCUT2D eigenvalue weighted by molar-refractivity contribution is 0.0971. The van der Waals surface area contributed by atoms with Gasteiger partial charge in [0.1, 0.15) is 5.69 Å². The Morgan fingerprint density at radius 3 is 2.29 bits per heavy atom. The predicted molar refractivity (Wildman–Crippen MR) is 90.4 cm³/mol. The van der Waals surface area contributed by atoms with Gasteiger partial charge in [0.2, 0.25) is 0 Å². The minimum Gasteiger partial charge on any atom is -0.354 e. The fourth-order valence-electron chi connectivity index (χ4n) is 2.97. The molecule has 0 saturated heterocycles. The number of fused-ring (bicyclic) bond motifs is 1. The molecule has 24 heavy (non-hydrogen) atoms. The Labute approximate surface area is 138 Å². The third kappa shape index (κ3) is 3.01. The van der Waals surface area contributed by atoms with Gasteiger partial charge in [0, 0.05) is 29.1 Å². The van der Waals surface area contributed by atoms with E-state index in [2.05, 4.69) is 15.6 Å². The van der Waals surface area contributed by atoms with Gasteiger partial charge in [-0.25, -0.2) is 4.79 Å². The molecule has 0 spiro atoms. The zero-order chi connectivity index (χ0) is 17.3. The number of ketones is 1.